The van der Waals surface area contributed by atoms with Crippen LogP contribution in [0.5, 0.6) is 0 Å². The van der Waals surface area contributed by atoms with Gasteiger partial charge in [-0.25, -0.2) is 9.37 Å². The van der Waals surface area contributed by atoms with Crippen molar-refractivity contribution in [1.29, 1.82) is 0 Å². The van der Waals surface area contributed by atoms with Crippen LogP contribution in [-0.4, -0.2) is 4.98 Å². The molecule has 0 aliphatic rings. The van der Waals surface area contributed by atoms with Gasteiger partial charge in [0.1, 0.15) is 10.8 Å². The van der Waals surface area contributed by atoms with Gasteiger partial charge in [0.2, 0.25) is 0 Å². The Bertz CT molecular complexity index is 534. The van der Waals surface area contributed by atoms with Gasteiger partial charge in [0.25, 0.3) is 0 Å². The van der Waals surface area contributed by atoms with Crippen molar-refractivity contribution in [2.75, 3.05) is 5.73 Å². The lowest BCUT2D eigenvalue weighted by Crippen LogP contribution is -1.94. The molecule has 0 saturated heterocycles. The first kappa shape index (κ1) is 12.2. The highest BCUT2D eigenvalue weighted by Gasteiger charge is 2.05. The Morgan fingerprint density at radius 2 is 2.18 bits per heavy atom. The van der Waals surface area contributed by atoms with Gasteiger partial charge in [0.15, 0.2) is 0 Å². The third kappa shape index (κ3) is 3.11. The van der Waals surface area contributed by atoms with Crippen LogP contribution in [0.25, 0.3) is 0 Å². The molecule has 2 nitrogen and oxygen atoms in total. The van der Waals surface area contributed by atoms with Crippen molar-refractivity contribution in [3.8, 4) is 0 Å². The first-order chi connectivity index (χ1) is 8.16. The molecule has 1 heterocycles. The second kappa shape index (κ2) is 5.38. The molecule has 0 fully saturated rings. The minimum atomic E-state index is -0.290. The van der Waals surface area contributed by atoms with Crippen LogP contribution in [0.1, 0.15) is 5.56 Å². The first-order valence-corrected chi connectivity index (χ1v) is 6.30. The maximum Gasteiger partial charge on any atom is 0.123 e. The molecular formula is C12H10ClFN2S. The van der Waals surface area contributed by atoms with E-state index in [4.69, 9.17) is 17.3 Å². The summed E-state index contributed by atoms with van der Waals surface area (Å²) in [5, 5.41) is 1.31. The standard InChI is InChI=1S/C12H10ClFN2S/c13-10-2-1-5-16-12(10)17-7-8-6-9(14)3-4-11(8)15/h1-6H,7,15H2. The van der Waals surface area contributed by atoms with Crippen LogP contribution >= 0.6 is 23.4 Å². The normalized spacial score (nSPS) is 10.5. The molecule has 0 aliphatic heterocycles. The highest BCUT2D eigenvalue weighted by atomic mass is 35.5. The van der Waals surface area contributed by atoms with Gasteiger partial charge in [-0.15, -0.1) is 11.8 Å². The van der Waals surface area contributed by atoms with Crippen LogP contribution in [0.4, 0.5) is 10.1 Å². The van der Waals surface area contributed by atoms with E-state index < -0.39 is 0 Å². The zero-order valence-corrected chi connectivity index (χ0v) is 10.4. The highest BCUT2D eigenvalue weighted by Crippen LogP contribution is 2.29. The zero-order chi connectivity index (χ0) is 12.3. The molecule has 0 saturated carbocycles. The molecule has 2 aromatic rings. The van der Waals surface area contributed by atoms with Crippen molar-refractivity contribution >= 4 is 29.1 Å². The number of thioether (sulfide) groups is 1. The summed E-state index contributed by atoms with van der Waals surface area (Å²) in [5.41, 5.74) is 7.08. The SMILES string of the molecule is Nc1ccc(F)cc1CSc1ncccc1Cl. The van der Waals surface area contributed by atoms with Crippen LogP contribution in [0.15, 0.2) is 41.6 Å². The Morgan fingerprint density at radius 3 is 2.94 bits per heavy atom. The fourth-order valence-corrected chi connectivity index (χ4v) is 2.49. The lowest BCUT2D eigenvalue weighted by atomic mass is 10.2. The van der Waals surface area contributed by atoms with Crippen LogP contribution in [0.2, 0.25) is 5.02 Å². The average Bonchev–Trinajstić information content (AvgIpc) is 2.32. The quantitative estimate of drug-likeness (QED) is 0.681. The maximum absolute atomic E-state index is 13.0. The molecule has 0 atom stereocenters. The first-order valence-electron chi connectivity index (χ1n) is 4.94. The van der Waals surface area contributed by atoms with Crippen molar-refractivity contribution in [3.63, 3.8) is 0 Å². The van der Waals surface area contributed by atoms with Crippen molar-refractivity contribution in [3.05, 3.63) is 52.9 Å². The molecule has 2 rings (SSSR count). The third-order valence-electron chi connectivity index (χ3n) is 2.19. The number of nitrogen functional groups attached to an aromatic ring is 1. The van der Waals surface area contributed by atoms with Gasteiger partial charge >= 0.3 is 0 Å². The minimum Gasteiger partial charge on any atom is -0.398 e. The molecule has 0 unspecified atom stereocenters. The summed E-state index contributed by atoms with van der Waals surface area (Å²) >= 11 is 7.41. The molecule has 0 radical (unpaired) electrons. The van der Waals surface area contributed by atoms with Gasteiger partial charge in [0.05, 0.1) is 5.02 Å². The van der Waals surface area contributed by atoms with Crippen molar-refractivity contribution < 1.29 is 4.39 Å². The molecule has 88 valence electrons. The number of benzene rings is 1. The second-order valence-electron chi connectivity index (χ2n) is 3.42. The number of aromatic nitrogens is 1. The van der Waals surface area contributed by atoms with Gasteiger partial charge in [-0.05, 0) is 35.9 Å². The number of anilines is 1. The minimum absolute atomic E-state index is 0.290. The maximum atomic E-state index is 13.0. The lowest BCUT2D eigenvalue weighted by molar-refractivity contribution is 0.627. The van der Waals surface area contributed by atoms with E-state index in [1.54, 1.807) is 24.4 Å². The van der Waals surface area contributed by atoms with Gasteiger partial charge in [-0.2, -0.15) is 0 Å². The Labute approximate surface area is 108 Å². The molecule has 0 bridgehead atoms. The van der Waals surface area contributed by atoms with Crippen LogP contribution < -0.4 is 5.73 Å². The fourth-order valence-electron chi connectivity index (χ4n) is 1.32. The number of rotatable bonds is 3. The number of hydrogen-bond acceptors (Lipinski definition) is 3. The van der Waals surface area contributed by atoms with E-state index in [1.165, 1.54) is 23.9 Å². The van der Waals surface area contributed by atoms with Crippen LogP contribution in [-0.2, 0) is 5.75 Å². The van der Waals surface area contributed by atoms with Crippen molar-refractivity contribution in [2.45, 2.75) is 10.8 Å². The second-order valence-corrected chi connectivity index (χ2v) is 4.79. The van der Waals surface area contributed by atoms with Crippen LogP contribution in [0.3, 0.4) is 0 Å². The fraction of sp³-hybridized carbons (Fsp3) is 0.0833. The summed E-state index contributed by atoms with van der Waals surface area (Å²) in [6.45, 7) is 0. The van der Waals surface area contributed by atoms with E-state index in [-0.39, 0.29) is 5.82 Å². The van der Waals surface area contributed by atoms with E-state index in [0.29, 0.717) is 16.5 Å². The highest BCUT2D eigenvalue weighted by molar-refractivity contribution is 7.98. The van der Waals surface area contributed by atoms with Crippen molar-refractivity contribution in [1.82, 2.24) is 4.98 Å². The van der Waals surface area contributed by atoms with Gasteiger partial charge in [-0.3, -0.25) is 0 Å². The number of halogens is 2. The summed E-state index contributed by atoms with van der Waals surface area (Å²) in [6, 6.07) is 7.87. The number of hydrogen-bond donors (Lipinski definition) is 1. The zero-order valence-electron chi connectivity index (χ0n) is 8.86. The monoisotopic (exact) mass is 268 g/mol. The van der Waals surface area contributed by atoms with Crippen LogP contribution in [0, 0.1) is 5.82 Å². The summed E-state index contributed by atoms with van der Waals surface area (Å²) in [4.78, 5) is 4.14. The Morgan fingerprint density at radius 1 is 1.35 bits per heavy atom. The molecular weight excluding hydrogens is 259 g/mol. The van der Waals surface area contributed by atoms with Gasteiger partial charge in [-0.1, -0.05) is 11.6 Å². The van der Waals surface area contributed by atoms with E-state index >= 15 is 0 Å². The van der Waals surface area contributed by atoms with E-state index in [1.807, 2.05) is 0 Å². The molecule has 1 aromatic heterocycles. The average molecular weight is 269 g/mol. The van der Waals surface area contributed by atoms with Gasteiger partial charge in [0, 0.05) is 17.6 Å². The summed E-state index contributed by atoms with van der Waals surface area (Å²) in [6.07, 6.45) is 1.67. The Balaban J connectivity index is 2.12. The lowest BCUT2D eigenvalue weighted by Gasteiger charge is -2.06. The summed E-state index contributed by atoms with van der Waals surface area (Å²) < 4.78 is 13.0. The molecule has 17 heavy (non-hydrogen) atoms. The molecule has 0 aliphatic carbocycles. The Kier molecular flexibility index (Phi) is 3.86. The third-order valence-corrected chi connectivity index (χ3v) is 3.67. The number of nitrogens with zero attached hydrogens (tertiary/aromatic N) is 1. The largest absolute Gasteiger partial charge is 0.398 e. The van der Waals surface area contributed by atoms with E-state index in [9.17, 15) is 4.39 Å². The molecule has 5 heteroatoms. The van der Waals surface area contributed by atoms with Crippen molar-refractivity contribution in [2.24, 2.45) is 0 Å². The molecule has 1 aromatic carbocycles. The smallest absolute Gasteiger partial charge is 0.123 e. The number of pyridine rings is 1. The summed E-state index contributed by atoms with van der Waals surface area (Å²) in [5.74, 6) is 0.252. The van der Waals surface area contributed by atoms with E-state index in [2.05, 4.69) is 4.98 Å². The predicted octanol–water partition coefficient (Wildman–Crippen LogP) is 3.75. The van der Waals surface area contributed by atoms with E-state index in [0.717, 1.165) is 10.6 Å². The molecule has 0 amide bonds. The predicted molar refractivity (Wildman–Crippen MR) is 69.6 cm³/mol. The molecule has 2 N–H and O–H groups in total. The number of nitrogens with two attached hydrogens (primary N) is 1. The Hall–Kier alpha value is -1.26. The molecule has 0 spiro atoms. The van der Waals surface area contributed by atoms with Gasteiger partial charge < -0.3 is 5.73 Å². The summed E-state index contributed by atoms with van der Waals surface area (Å²) in [7, 11) is 0. The topological polar surface area (TPSA) is 38.9 Å².